The molecule has 10 heavy (non-hydrogen) atoms. The van der Waals surface area contributed by atoms with E-state index in [0.29, 0.717) is 0 Å². The van der Waals surface area contributed by atoms with Gasteiger partial charge in [0.2, 0.25) is 0 Å². The van der Waals surface area contributed by atoms with Gasteiger partial charge in [-0.05, 0) is 6.08 Å². The Hall–Kier alpha value is 0.150. The van der Waals surface area contributed by atoms with Crippen molar-refractivity contribution < 1.29 is 0 Å². The Morgan fingerprint density at radius 1 is 1.40 bits per heavy atom. The third-order valence-electron chi connectivity index (χ3n) is 0.869. The number of hydrogen-bond acceptors (Lipinski definition) is 1. The summed E-state index contributed by atoms with van der Waals surface area (Å²) in [6.45, 7) is 3.54. The summed E-state index contributed by atoms with van der Waals surface area (Å²) in [4.78, 5) is 1.79. The van der Waals surface area contributed by atoms with Crippen LogP contribution >= 0.6 is 35.6 Å². The molecule has 0 aromatic heterocycles. The van der Waals surface area contributed by atoms with Gasteiger partial charge < -0.3 is 4.90 Å². The number of allylic oxidation sites excluding steroid dienone is 1. The second-order valence-electron chi connectivity index (χ2n) is 1.74. The Labute approximate surface area is 77.7 Å². The molecule has 0 spiro atoms. The van der Waals surface area contributed by atoms with Crippen LogP contribution in [0.2, 0.25) is 0 Å². The highest BCUT2D eigenvalue weighted by Gasteiger charge is 1.97. The van der Waals surface area contributed by atoms with Gasteiger partial charge in [0.1, 0.15) is 4.49 Å². The Morgan fingerprint density at radius 2 is 1.80 bits per heavy atom. The van der Waals surface area contributed by atoms with E-state index in [1.54, 1.807) is 11.0 Å². The van der Waals surface area contributed by atoms with Crippen LogP contribution in [0.3, 0.4) is 0 Å². The first-order valence-corrected chi connectivity index (χ1v) is 3.20. The first-order valence-electron chi connectivity index (χ1n) is 2.44. The Bertz CT molecular complexity index is 136. The highest BCUT2D eigenvalue weighted by molar-refractivity contribution is 6.56. The molecular weight excluding hydrogens is 192 g/mol. The van der Waals surface area contributed by atoms with Gasteiger partial charge in [-0.3, -0.25) is 0 Å². The van der Waals surface area contributed by atoms with Crippen molar-refractivity contribution in [1.29, 1.82) is 0 Å². The van der Waals surface area contributed by atoms with E-state index in [-0.39, 0.29) is 16.9 Å². The topological polar surface area (TPSA) is 3.24 Å². The van der Waals surface area contributed by atoms with E-state index in [1.807, 2.05) is 14.1 Å². The third kappa shape index (κ3) is 4.04. The van der Waals surface area contributed by atoms with E-state index >= 15 is 0 Å². The SMILES string of the molecule is C=CC(=C(Cl)Cl)N(C)C.Cl. The van der Waals surface area contributed by atoms with Crippen LogP contribution in [-0.2, 0) is 0 Å². The fourth-order valence-corrected chi connectivity index (χ4v) is 0.921. The van der Waals surface area contributed by atoms with Crippen molar-refractivity contribution >= 4 is 35.6 Å². The molecule has 0 radical (unpaired) electrons. The predicted octanol–water partition coefficient (Wildman–Crippen LogP) is 2.80. The first-order chi connectivity index (χ1) is 4.09. The molecule has 0 heterocycles. The molecule has 0 unspecified atom stereocenters. The van der Waals surface area contributed by atoms with E-state index < -0.39 is 0 Å². The van der Waals surface area contributed by atoms with Crippen LogP contribution in [0.1, 0.15) is 0 Å². The van der Waals surface area contributed by atoms with Crippen molar-refractivity contribution in [1.82, 2.24) is 4.90 Å². The van der Waals surface area contributed by atoms with Crippen molar-refractivity contribution in [3.63, 3.8) is 0 Å². The number of halogens is 3. The summed E-state index contributed by atoms with van der Waals surface area (Å²) >= 11 is 10.9. The molecule has 0 amide bonds. The smallest absolute Gasteiger partial charge is 0.130 e. The molecule has 0 bridgehead atoms. The minimum Gasteiger partial charge on any atom is -0.376 e. The minimum atomic E-state index is 0. The van der Waals surface area contributed by atoms with Crippen molar-refractivity contribution in [2.45, 2.75) is 0 Å². The van der Waals surface area contributed by atoms with Crippen LogP contribution in [0.15, 0.2) is 22.8 Å². The van der Waals surface area contributed by atoms with Gasteiger partial charge in [0.25, 0.3) is 0 Å². The summed E-state index contributed by atoms with van der Waals surface area (Å²) in [6.07, 6.45) is 1.61. The van der Waals surface area contributed by atoms with Crippen LogP contribution in [0.25, 0.3) is 0 Å². The summed E-state index contributed by atoms with van der Waals surface area (Å²) in [6, 6.07) is 0. The van der Waals surface area contributed by atoms with Gasteiger partial charge in [0.15, 0.2) is 0 Å². The number of likely N-dealkylation sites (N-methyl/N-ethyl adjacent to an activating group) is 1. The molecular formula is C6H10Cl3N. The van der Waals surface area contributed by atoms with Crippen LogP contribution in [-0.4, -0.2) is 19.0 Å². The van der Waals surface area contributed by atoms with E-state index in [2.05, 4.69) is 6.58 Å². The highest BCUT2D eigenvalue weighted by atomic mass is 35.5. The Balaban J connectivity index is 0. The summed E-state index contributed by atoms with van der Waals surface area (Å²) in [5, 5.41) is 0. The molecule has 0 aliphatic heterocycles. The standard InChI is InChI=1S/C6H9Cl2N.ClH/c1-4-5(6(7)8)9(2)3;/h4H,1H2,2-3H3;1H. The molecule has 0 aliphatic carbocycles. The summed E-state index contributed by atoms with van der Waals surface area (Å²) in [5.74, 6) is 0. The van der Waals surface area contributed by atoms with Gasteiger partial charge in [0.05, 0.1) is 5.70 Å². The molecule has 0 aliphatic rings. The lowest BCUT2D eigenvalue weighted by Gasteiger charge is -2.12. The van der Waals surface area contributed by atoms with Crippen molar-refractivity contribution in [3.05, 3.63) is 22.8 Å². The fourth-order valence-electron chi connectivity index (χ4n) is 0.429. The second-order valence-corrected chi connectivity index (χ2v) is 2.69. The summed E-state index contributed by atoms with van der Waals surface area (Å²) in [5.41, 5.74) is 0.735. The summed E-state index contributed by atoms with van der Waals surface area (Å²) in [7, 11) is 3.70. The van der Waals surface area contributed by atoms with Crippen molar-refractivity contribution in [3.8, 4) is 0 Å². The van der Waals surface area contributed by atoms with Crippen molar-refractivity contribution in [2.24, 2.45) is 0 Å². The van der Waals surface area contributed by atoms with Gasteiger partial charge in [-0.2, -0.15) is 0 Å². The van der Waals surface area contributed by atoms with Crippen molar-refractivity contribution in [2.75, 3.05) is 14.1 Å². The lowest BCUT2D eigenvalue weighted by molar-refractivity contribution is 0.530. The minimum absolute atomic E-state index is 0. The lowest BCUT2D eigenvalue weighted by Crippen LogP contribution is -2.09. The van der Waals surface area contributed by atoms with E-state index in [9.17, 15) is 0 Å². The monoisotopic (exact) mass is 201 g/mol. The van der Waals surface area contributed by atoms with Crippen LogP contribution in [0.4, 0.5) is 0 Å². The maximum atomic E-state index is 5.47. The molecule has 4 heteroatoms. The summed E-state index contributed by atoms with van der Waals surface area (Å²) < 4.78 is 0.245. The average molecular weight is 203 g/mol. The molecule has 0 N–H and O–H groups in total. The van der Waals surface area contributed by atoms with Gasteiger partial charge in [0, 0.05) is 14.1 Å². The number of nitrogens with zero attached hydrogens (tertiary/aromatic N) is 1. The van der Waals surface area contributed by atoms with Gasteiger partial charge in [-0.1, -0.05) is 29.8 Å². The maximum absolute atomic E-state index is 5.47. The largest absolute Gasteiger partial charge is 0.376 e. The molecule has 0 aromatic carbocycles. The van der Waals surface area contributed by atoms with Gasteiger partial charge in [-0.25, -0.2) is 0 Å². The Kier molecular flexibility index (Phi) is 7.55. The molecule has 0 rings (SSSR count). The van der Waals surface area contributed by atoms with Crippen LogP contribution in [0, 0.1) is 0 Å². The zero-order chi connectivity index (χ0) is 7.44. The molecule has 0 aromatic rings. The number of rotatable bonds is 2. The Morgan fingerprint density at radius 3 is 1.80 bits per heavy atom. The zero-order valence-electron chi connectivity index (χ0n) is 5.90. The van der Waals surface area contributed by atoms with E-state index in [1.165, 1.54) is 0 Å². The fraction of sp³-hybridized carbons (Fsp3) is 0.333. The molecule has 60 valence electrons. The van der Waals surface area contributed by atoms with Crippen LogP contribution < -0.4 is 0 Å². The molecule has 0 atom stereocenters. The molecule has 1 nitrogen and oxygen atoms in total. The number of hydrogen-bond donors (Lipinski definition) is 0. The first kappa shape index (κ1) is 12.8. The lowest BCUT2D eigenvalue weighted by atomic mass is 10.4. The highest BCUT2D eigenvalue weighted by Crippen LogP contribution is 2.15. The van der Waals surface area contributed by atoms with Gasteiger partial charge in [-0.15, -0.1) is 12.4 Å². The maximum Gasteiger partial charge on any atom is 0.130 e. The normalized spacial score (nSPS) is 7.60. The molecule has 0 saturated carbocycles. The predicted molar refractivity (Wildman–Crippen MR) is 49.9 cm³/mol. The van der Waals surface area contributed by atoms with E-state index in [4.69, 9.17) is 23.2 Å². The quantitative estimate of drug-likeness (QED) is 0.623. The molecule has 0 saturated heterocycles. The van der Waals surface area contributed by atoms with Gasteiger partial charge >= 0.3 is 0 Å². The van der Waals surface area contributed by atoms with Crippen LogP contribution in [0.5, 0.6) is 0 Å². The zero-order valence-corrected chi connectivity index (χ0v) is 8.22. The third-order valence-corrected chi connectivity index (χ3v) is 1.26. The molecule has 0 fully saturated rings. The van der Waals surface area contributed by atoms with E-state index in [0.717, 1.165) is 5.70 Å². The second kappa shape index (κ2) is 5.90. The average Bonchev–Trinajstić information content (AvgIpc) is 1.64.